The summed E-state index contributed by atoms with van der Waals surface area (Å²) in [6.45, 7) is 0.329. The molecule has 2 saturated heterocycles. The number of amides is 2. The van der Waals surface area contributed by atoms with E-state index >= 15 is 0 Å². The van der Waals surface area contributed by atoms with Crippen LogP contribution in [0, 0.1) is 11.3 Å². The number of benzene rings is 3. The quantitative estimate of drug-likeness (QED) is 0.437. The van der Waals surface area contributed by atoms with E-state index in [0.717, 1.165) is 0 Å². The van der Waals surface area contributed by atoms with Crippen LogP contribution in [0.15, 0.2) is 72.8 Å². The Morgan fingerprint density at radius 2 is 1.69 bits per heavy atom. The van der Waals surface area contributed by atoms with Gasteiger partial charge in [-0.25, -0.2) is 4.79 Å². The summed E-state index contributed by atoms with van der Waals surface area (Å²) in [5, 5.41) is 9.63. The number of halogens is 4. The fourth-order valence-electron chi connectivity index (χ4n) is 4.62. The van der Waals surface area contributed by atoms with Crippen LogP contribution in [0.5, 0.6) is 5.75 Å². The molecular formula is C25H17ClF3N3O3. The van der Waals surface area contributed by atoms with Crippen molar-refractivity contribution in [3.05, 3.63) is 88.9 Å². The van der Waals surface area contributed by atoms with E-state index in [0.29, 0.717) is 27.5 Å². The van der Waals surface area contributed by atoms with Crippen molar-refractivity contribution in [3.8, 4) is 11.8 Å². The van der Waals surface area contributed by atoms with E-state index in [1.807, 2.05) is 6.07 Å². The Morgan fingerprint density at radius 3 is 2.26 bits per heavy atom. The molecule has 0 unspecified atom stereocenters. The molecule has 35 heavy (non-hydrogen) atoms. The lowest BCUT2D eigenvalue weighted by Crippen LogP contribution is -2.62. The normalized spacial score (nSPS) is 18.9. The van der Waals surface area contributed by atoms with Gasteiger partial charge in [-0.2, -0.15) is 5.26 Å². The number of ether oxygens (including phenoxy) is 2. The van der Waals surface area contributed by atoms with E-state index in [9.17, 15) is 18.0 Å². The third-order valence-electron chi connectivity index (χ3n) is 6.08. The van der Waals surface area contributed by atoms with Crippen LogP contribution in [0.2, 0.25) is 5.02 Å². The number of hydrogen-bond acceptors (Lipinski definition) is 4. The maximum Gasteiger partial charge on any atom is 0.573 e. The Bertz CT molecular complexity index is 1300. The first-order valence-corrected chi connectivity index (χ1v) is 10.9. The van der Waals surface area contributed by atoms with E-state index in [2.05, 4.69) is 4.74 Å². The molecule has 0 radical (unpaired) electrons. The van der Waals surface area contributed by atoms with Gasteiger partial charge >= 0.3 is 12.4 Å². The number of alkyl halides is 3. The smallest absolute Gasteiger partial charge is 0.406 e. The van der Waals surface area contributed by atoms with E-state index in [1.54, 1.807) is 59.5 Å². The molecule has 3 aromatic carbocycles. The predicted octanol–water partition coefficient (Wildman–Crippen LogP) is 6.07. The lowest BCUT2D eigenvalue weighted by Gasteiger charge is -2.47. The van der Waals surface area contributed by atoms with E-state index < -0.39 is 17.9 Å². The first-order valence-electron chi connectivity index (χ1n) is 10.5. The monoisotopic (exact) mass is 499 g/mol. The largest absolute Gasteiger partial charge is 0.573 e. The fraction of sp³-hybridized carbons (Fsp3) is 0.200. The van der Waals surface area contributed by atoms with Crippen molar-refractivity contribution in [2.24, 2.45) is 0 Å². The van der Waals surface area contributed by atoms with Crippen molar-refractivity contribution in [3.63, 3.8) is 0 Å². The molecule has 1 spiro atoms. The van der Waals surface area contributed by atoms with Gasteiger partial charge in [0.2, 0.25) is 0 Å². The molecule has 2 heterocycles. The number of urea groups is 1. The summed E-state index contributed by atoms with van der Waals surface area (Å²) in [6.07, 6.45) is -4.86. The molecule has 2 aliphatic rings. The Labute approximate surface area is 203 Å². The minimum atomic E-state index is -4.86. The SMILES string of the molecule is N#Cc1ccc(N2C(=O)N(c3ccc(Cl)cc3)[C@@H](c3cccc(OC(F)(F)F)c3)C23COC3)cc1. The topological polar surface area (TPSA) is 65.8 Å². The average Bonchev–Trinajstić information content (AvgIpc) is 3.08. The van der Waals surface area contributed by atoms with Gasteiger partial charge in [-0.3, -0.25) is 9.80 Å². The first-order chi connectivity index (χ1) is 16.7. The van der Waals surface area contributed by atoms with Crippen molar-refractivity contribution < 1.29 is 27.4 Å². The molecule has 10 heteroatoms. The third kappa shape index (κ3) is 4.05. The molecule has 0 bridgehead atoms. The van der Waals surface area contributed by atoms with Crippen LogP contribution < -0.4 is 14.5 Å². The zero-order valence-electron chi connectivity index (χ0n) is 18.0. The number of anilines is 2. The summed E-state index contributed by atoms with van der Waals surface area (Å²) < 4.78 is 48.5. The summed E-state index contributed by atoms with van der Waals surface area (Å²) in [5.41, 5.74) is 1.05. The molecule has 0 N–H and O–H groups in total. The van der Waals surface area contributed by atoms with Crippen molar-refractivity contribution >= 4 is 29.0 Å². The van der Waals surface area contributed by atoms with Gasteiger partial charge in [0.05, 0.1) is 30.9 Å². The number of carbonyl (C=O) groups is 1. The summed E-state index contributed by atoms with van der Waals surface area (Å²) in [6, 6.07) is 19.8. The van der Waals surface area contributed by atoms with Crippen molar-refractivity contribution in [2.75, 3.05) is 23.0 Å². The van der Waals surface area contributed by atoms with Gasteiger partial charge in [0, 0.05) is 16.4 Å². The van der Waals surface area contributed by atoms with Crippen molar-refractivity contribution in [1.82, 2.24) is 0 Å². The van der Waals surface area contributed by atoms with Crippen molar-refractivity contribution in [2.45, 2.75) is 17.9 Å². The van der Waals surface area contributed by atoms with Crippen LogP contribution in [0.3, 0.4) is 0 Å². The number of nitriles is 1. The van der Waals surface area contributed by atoms with Crippen LogP contribution in [-0.2, 0) is 4.74 Å². The maximum absolute atomic E-state index is 13.9. The fourth-order valence-corrected chi connectivity index (χ4v) is 4.75. The van der Waals surface area contributed by atoms with Gasteiger partial charge in [0.15, 0.2) is 0 Å². The van der Waals surface area contributed by atoms with Gasteiger partial charge in [-0.1, -0.05) is 23.7 Å². The van der Waals surface area contributed by atoms with Gasteiger partial charge in [0.1, 0.15) is 11.3 Å². The molecule has 6 nitrogen and oxygen atoms in total. The molecule has 3 aromatic rings. The van der Waals surface area contributed by atoms with Gasteiger partial charge in [-0.05, 0) is 66.2 Å². The second-order valence-electron chi connectivity index (χ2n) is 8.24. The van der Waals surface area contributed by atoms with E-state index in [4.69, 9.17) is 21.6 Å². The second-order valence-corrected chi connectivity index (χ2v) is 8.68. The highest BCUT2D eigenvalue weighted by molar-refractivity contribution is 6.30. The molecule has 0 aliphatic carbocycles. The summed E-state index contributed by atoms with van der Waals surface area (Å²) in [4.78, 5) is 17.1. The number of rotatable bonds is 4. The highest BCUT2D eigenvalue weighted by Gasteiger charge is 2.63. The maximum atomic E-state index is 13.9. The van der Waals surface area contributed by atoms with Crippen molar-refractivity contribution in [1.29, 1.82) is 5.26 Å². The van der Waals surface area contributed by atoms with Gasteiger partial charge in [0.25, 0.3) is 0 Å². The number of carbonyl (C=O) groups excluding carboxylic acids is 1. The molecular weight excluding hydrogens is 483 g/mol. The van der Waals surface area contributed by atoms with Crippen LogP contribution in [-0.4, -0.2) is 31.1 Å². The molecule has 5 rings (SSSR count). The lowest BCUT2D eigenvalue weighted by molar-refractivity contribution is -0.274. The van der Waals surface area contributed by atoms with Gasteiger partial charge in [-0.15, -0.1) is 13.2 Å². The Balaban J connectivity index is 1.66. The molecule has 2 fully saturated rings. The molecule has 1 atom stereocenters. The molecule has 0 saturated carbocycles. The molecule has 2 aliphatic heterocycles. The Morgan fingerprint density at radius 1 is 1.03 bits per heavy atom. The Hall–Kier alpha value is -3.74. The van der Waals surface area contributed by atoms with Gasteiger partial charge < -0.3 is 9.47 Å². The summed E-state index contributed by atoms with van der Waals surface area (Å²) in [5.74, 6) is -0.384. The minimum Gasteiger partial charge on any atom is -0.406 e. The highest BCUT2D eigenvalue weighted by atomic mass is 35.5. The predicted molar refractivity (Wildman–Crippen MR) is 122 cm³/mol. The molecule has 178 valence electrons. The zero-order valence-corrected chi connectivity index (χ0v) is 18.8. The van der Waals surface area contributed by atoms with E-state index in [1.165, 1.54) is 23.1 Å². The van der Waals surface area contributed by atoms with Crippen LogP contribution in [0.25, 0.3) is 0 Å². The average molecular weight is 500 g/mol. The first kappa shape index (κ1) is 23.0. The zero-order chi connectivity index (χ0) is 24.8. The number of hydrogen-bond donors (Lipinski definition) is 0. The third-order valence-corrected chi connectivity index (χ3v) is 6.33. The highest BCUT2D eigenvalue weighted by Crippen LogP contribution is 2.51. The Kier molecular flexibility index (Phi) is 5.58. The van der Waals surface area contributed by atoms with E-state index in [-0.39, 0.29) is 25.0 Å². The van der Waals surface area contributed by atoms with Crippen LogP contribution in [0.4, 0.5) is 29.3 Å². The molecule has 0 aromatic heterocycles. The summed E-state index contributed by atoms with van der Waals surface area (Å²) in [7, 11) is 0. The van der Waals surface area contributed by atoms with Crippen LogP contribution >= 0.6 is 11.6 Å². The van der Waals surface area contributed by atoms with Crippen LogP contribution in [0.1, 0.15) is 17.2 Å². The summed E-state index contributed by atoms with van der Waals surface area (Å²) >= 11 is 6.05. The minimum absolute atomic E-state index is 0.165. The standard InChI is InChI=1S/C25H17ClF3N3O3/c26-18-6-10-19(11-7-18)31-22(17-2-1-3-21(12-17)35-25(27,28)29)24(14-34-15-24)32(23(31)33)20-8-4-16(13-30)5-9-20/h1-12,22H,14-15H2/t22-/m0/s1. The second kappa shape index (κ2) is 8.48. The molecule has 2 amide bonds. The number of nitrogens with zero attached hydrogens (tertiary/aromatic N) is 3. The lowest BCUT2D eigenvalue weighted by atomic mass is 9.82.